The van der Waals surface area contributed by atoms with Gasteiger partial charge in [-0.1, -0.05) is 188 Å². The van der Waals surface area contributed by atoms with Gasteiger partial charge in [0.2, 0.25) is 0 Å². The molecule has 0 amide bonds. The summed E-state index contributed by atoms with van der Waals surface area (Å²) in [6, 6.07) is 95.6. The maximum Gasteiger partial charge on any atom is 0.0574 e. The van der Waals surface area contributed by atoms with Gasteiger partial charge in [0.15, 0.2) is 0 Å². The molecule has 1 aromatic heterocycles. The number of hydrogen-bond acceptors (Lipinski definition) is 1. The summed E-state index contributed by atoms with van der Waals surface area (Å²) in [5.41, 5.74) is 17.7. The Bertz CT molecular complexity index is 4000. The van der Waals surface area contributed by atoms with Crippen LogP contribution in [0, 0.1) is 0 Å². The zero-order chi connectivity index (χ0) is 45.8. The third-order valence-corrected chi connectivity index (χ3v) is 14.1. The van der Waals surface area contributed by atoms with Gasteiger partial charge >= 0.3 is 0 Å². The van der Waals surface area contributed by atoms with E-state index < -0.39 is 0 Å². The molecule has 0 fully saturated rings. The minimum Gasteiger partial charge on any atom is -0.343 e. The first-order valence-corrected chi connectivity index (χ1v) is 23.8. The van der Waals surface area contributed by atoms with E-state index in [1.807, 2.05) is 0 Å². The number of nitrogens with zero attached hydrogens (tertiary/aromatic N) is 2. The van der Waals surface area contributed by atoms with Crippen molar-refractivity contribution in [1.82, 2.24) is 4.57 Å². The van der Waals surface area contributed by atoms with Crippen molar-refractivity contribution in [3.63, 3.8) is 0 Å². The normalized spacial score (nSPS) is 11.6. The predicted octanol–water partition coefficient (Wildman–Crippen LogP) is 18.6. The van der Waals surface area contributed by atoms with Crippen LogP contribution in [0.1, 0.15) is 0 Å². The molecule has 2 nitrogen and oxygen atoms in total. The molecule has 12 aromatic carbocycles. The largest absolute Gasteiger partial charge is 0.343 e. The highest BCUT2D eigenvalue weighted by atomic mass is 15.1. The van der Waals surface area contributed by atoms with Crippen molar-refractivity contribution in [2.24, 2.45) is 7.05 Å². The van der Waals surface area contributed by atoms with Crippen LogP contribution in [0.2, 0.25) is 0 Å². The summed E-state index contributed by atoms with van der Waals surface area (Å²) in [6.45, 7) is 0. The molecule has 0 saturated heterocycles. The minimum absolute atomic E-state index is 1.08. The Balaban J connectivity index is 0.969. The summed E-state index contributed by atoms with van der Waals surface area (Å²) in [5.74, 6) is 0. The number of aromatic nitrogens is 1. The van der Waals surface area contributed by atoms with E-state index >= 15 is 0 Å². The highest BCUT2D eigenvalue weighted by molar-refractivity contribution is 6.23. The van der Waals surface area contributed by atoms with E-state index in [1.165, 1.54) is 104 Å². The second-order valence-corrected chi connectivity index (χ2v) is 18.1. The number of benzene rings is 12. The molecule has 1 heterocycles. The molecule has 0 bridgehead atoms. The van der Waals surface area contributed by atoms with Crippen LogP contribution in [-0.4, -0.2) is 4.57 Å². The van der Waals surface area contributed by atoms with Crippen LogP contribution in [-0.2, 0) is 7.05 Å². The van der Waals surface area contributed by atoms with E-state index in [2.05, 4.69) is 277 Å². The Morgan fingerprint density at radius 1 is 0.275 bits per heavy atom. The van der Waals surface area contributed by atoms with Crippen molar-refractivity contribution in [3.05, 3.63) is 261 Å². The lowest BCUT2D eigenvalue weighted by Crippen LogP contribution is -2.10. The van der Waals surface area contributed by atoms with E-state index in [-0.39, 0.29) is 0 Å². The Kier molecular flexibility index (Phi) is 9.77. The van der Waals surface area contributed by atoms with Crippen LogP contribution in [0.25, 0.3) is 110 Å². The zero-order valence-electron chi connectivity index (χ0n) is 38.2. The first-order chi connectivity index (χ1) is 34.1. The molecule has 0 spiro atoms. The second kappa shape index (κ2) is 16.7. The SMILES string of the molecule is Cn1c2ccccc2c2c(-c3cccc(N(c4ccc(-c5cc(-c6ccccc6)cc(-c6ccccc6)c5)cc4)c4ccc(-c5cc6ccccc6c6ccccc56)cc4)c3)cc3ccccc3c21. The van der Waals surface area contributed by atoms with Crippen molar-refractivity contribution in [3.8, 4) is 55.6 Å². The van der Waals surface area contributed by atoms with Crippen LogP contribution in [0.4, 0.5) is 17.1 Å². The fraction of sp³-hybridized carbons (Fsp3) is 0.0149. The third kappa shape index (κ3) is 7.05. The molecule has 13 aromatic rings. The van der Waals surface area contributed by atoms with Gasteiger partial charge in [-0.25, -0.2) is 0 Å². The van der Waals surface area contributed by atoms with Gasteiger partial charge in [-0.15, -0.1) is 0 Å². The van der Waals surface area contributed by atoms with Crippen molar-refractivity contribution in [1.29, 1.82) is 0 Å². The Hall–Kier alpha value is -8.98. The van der Waals surface area contributed by atoms with E-state index in [0.29, 0.717) is 0 Å². The molecule has 13 rings (SSSR count). The van der Waals surface area contributed by atoms with Crippen molar-refractivity contribution in [2.75, 3.05) is 4.90 Å². The molecule has 0 aliphatic carbocycles. The zero-order valence-corrected chi connectivity index (χ0v) is 38.2. The van der Waals surface area contributed by atoms with Crippen LogP contribution < -0.4 is 4.90 Å². The Morgan fingerprint density at radius 2 is 0.739 bits per heavy atom. The van der Waals surface area contributed by atoms with Gasteiger partial charge in [-0.3, -0.25) is 0 Å². The summed E-state index contributed by atoms with van der Waals surface area (Å²) >= 11 is 0. The van der Waals surface area contributed by atoms with Crippen molar-refractivity contribution < 1.29 is 0 Å². The van der Waals surface area contributed by atoms with E-state index in [0.717, 1.165) is 22.6 Å². The Morgan fingerprint density at radius 3 is 1.38 bits per heavy atom. The smallest absolute Gasteiger partial charge is 0.0574 e. The van der Waals surface area contributed by atoms with Gasteiger partial charge in [0, 0.05) is 45.8 Å². The highest BCUT2D eigenvalue weighted by Crippen LogP contribution is 2.45. The fourth-order valence-corrected chi connectivity index (χ4v) is 10.8. The lowest BCUT2D eigenvalue weighted by molar-refractivity contribution is 1.02. The first kappa shape index (κ1) is 40.3. The van der Waals surface area contributed by atoms with E-state index in [4.69, 9.17) is 0 Å². The van der Waals surface area contributed by atoms with E-state index in [9.17, 15) is 0 Å². The van der Waals surface area contributed by atoms with Gasteiger partial charge in [0.1, 0.15) is 0 Å². The standard InChI is InChI=1S/C67H46N2/c1-68-65-30-15-14-29-62(65)66-64(44-51-22-9-11-26-59(51)67(66)68)49-23-16-24-57(42-49)69(56-37-33-48(34-38-56)63-43-50-21-8-10-25-58(50)60-27-12-13-28-61(60)63)55-35-31-47(32-36-55)54-40-52(45-17-4-2-5-18-45)39-53(41-54)46-19-6-3-7-20-46/h2-44H,1H3. The highest BCUT2D eigenvalue weighted by Gasteiger charge is 2.20. The number of fused-ring (bicyclic) bond motifs is 8. The third-order valence-electron chi connectivity index (χ3n) is 14.1. The molecule has 0 saturated carbocycles. The number of hydrogen-bond donors (Lipinski definition) is 0. The number of para-hydroxylation sites is 1. The van der Waals surface area contributed by atoms with Crippen LogP contribution in [0.15, 0.2) is 261 Å². The lowest BCUT2D eigenvalue weighted by Gasteiger charge is -2.27. The summed E-state index contributed by atoms with van der Waals surface area (Å²) in [4.78, 5) is 2.41. The maximum atomic E-state index is 2.41. The molecule has 0 N–H and O–H groups in total. The summed E-state index contributed by atoms with van der Waals surface area (Å²) in [5, 5.41) is 10.1. The quantitative estimate of drug-likeness (QED) is 0.138. The van der Waals surface area contributed by atoms with Gasteiger partial charge in [-0.2, -0.15) is 0 Å². The fourth-order valence-electron chi connectivity index (χ4n) is 10.8. The number of aryl methyl sites for hydroxylation is 1. The summed E-state index contributed by atoms with van der Waals surface area (Å²) < 4.78 is 2.37. The maximum absolute atomic E-state index is 2.41. The molecule has 324 valence electrons. The topological polar surface area (TPSA) is 8.17 Å². The molecule has 0 radical (unpaired) electrons. The molecule has 0 atom stereocenters. The molecular weight excluding hydrogens is 833 g/mol. The molecule has 69 heavy (non-hydrogen) atoms. The van der Waals surface area contributed by atoms with Crippen molar-refractivity contribution >= 4 is 71.2 Å². The van der Waals surface area contributed by atoms with Crippen LogP contribution in [0.3, 0.4) is 0 Å². The van der Waals surface area contributed by atoms with Crippen LogP contribution in [0.5, 0.6) is 0 Å². The number of rotatable bonds is 8. The predicted molar refractivity (Wildman–Crippen MR) is 295 cm³/mol. The molecular formula is C67H46N2. The molecule has 2 heteroatoms. The molecule has 0 aliphatic rings. The first-order valence-electron chi connectivity index (χ1n) is 23.8. The monoisotopic (exact) mass is 878 g/mol. The summed E-state index contributed by atoms with van der Waals surface area (Å²) in [6.07, 6.45) is 0. The van der Waals surface area contributed by atoms with Crippen LogP contribution >= 0.6 is 0 Å². The number of anilines is 3. The second-order valence-electron chi connectivity index (χ2n) is 18.1. The average Bonchev–Trinajstić information content (AvgIpc) is 3.73. The van der Waals surface area contributed by atoms with E-state index in [1.54, 1.807) is 0 Å². The van der Waals surface area contributed by atoms with Gasteiger partial charge in [-0.05, 0) is 155 Å². The average molecular weight is 879 g/mol. The van der Waals surface area contributed by atoms with Gasteiger partial charge in [0.25, 0.3) is 0 Å². The van der Waals surface area contributed by atoms with Crippen molar-refractivity contribution in [2.45, 2.75) is 0 Å². The minimum atomic E-state index is 1.08. The lowest BCUT2D eigenvalue weighted by atomic mass is 9.93. The van der Waals surface area contributed by atoms with Gasteiger partial charge < -0.3 is 9.47 Å². The summed E-state index contributed by atoms with van der Waals surface area (Å²) in [7, 11) is 2.20. The molecule has 0 aliphatic heterocycles. The molecule has 0 unspecified atom stereocenters. The van der Waals surface area contributed by atoms with Gasteiger partial charge in [0.05, 0.1) is 5.52 Å². The Labute approximate surface area is 402 Å².